The quantitative estimate of drug-likeness (QED) is 0.770. The van der Waals surface area contributed by atoms with Crippen LogP contribution < -0.4 is 10.6 Å². The summed E-state index contributed by atoms with van der Waals surface area (Å²) in [6.07, 6.45) is 7.87. The van der Waals surface area contributed by atoms with Gasteiger partial charge in [-0.1, -0.05) is 13.0 Å². The Labute approximate surface area is 162 Å². The molecule has 1 atom stereocenters. The predicted molar refractivity (Wildman–Crippen MR) is 105 cm³/mol. The van der Waals surface area contributed by atoms with Crippen LogP contribution in [-0.4, -0.2) is 53.9 Å². The molecule has 2 heterocycles. The Morgan fingerprint density at radius 3 is 2.63 bits per heavy atom. The summed E-state index contributed by atoms with van der Waals surface area (Å²) in [7, 11) is 0. The highest BCUT2D eigenvalue weighted by Crippen LogP contribution is 2.28. The Kier molecular flexibility index (Phi) is 7.21. The fourth-order valence-corrected chi connectivity index (χ4v) is 4.36. The molecule has 0 aromatic carbocycles. The number of carbonyl (C=O) groups excluding carboxylic acids is 2. The van der Waals surface area contributed by atoms with E-state index in [2.05, 4.69) is 27.4 Å². The van der Waals surface area contributed by atoms with E-state index in [0.717, 1.165) is 45.3 Å². The minimum Gasteiger partial charge on any atom is -0.354 e. The molecule has 1 unspecified atom stereocenters. The van der Waals surface area contributed by atoms with Gasteiger partial charge < -0.3 is 10.6 Å². The molecule has 1 saturated carbocycles. The van der Waals surface area contributed by atoms with Gasteiger partial charge in [0.05, 0.1) is 0 Å². The zero-order chi connectivity index (χ0) is 19.1. The fourth-order valence-electron chi connectivity index (χ4n) is 4.36. The molecule has 1 aliphatic carbocycles. The second kappa shape index (κ2) is 9.83. The molecule has 2 fully saturated rings. The maximum atomic E-state index is 12.5. The first kappa shape index (κ1) is 19.8. The van der Waals surface area contributed by atoms with Crippen molar-refractivity contribution < 1.29 is 9.59 Å². The van der Waals surface area contributed by atoms with Crippen LogP contribution in [0.15, 0.2) is 24.4 Å². The van der Waals surface area contributed by atoms with Gasteiger partial charge in [-0.05, 0) is 69.7 Å². The minimum atomic E-state index is -0.118. The van der Waals surface area contributed by atoms with Crippen LogP contribution in [0.3, 0.4) is 0 Å². The predicted octanol–water partition coefficient (Wildman–Crippen LogP) is 2.22. The minimum absolute atomic E-state index is 0.118. The van der Waals surface area contributed by atoms with Crippen LogP contribution in [0.5, 0.6) is 0 Å². The lowest BCUT2D eigenvalue weighted by atomic mass is 9.81. The van der Waals surface area contributed by atoms with Gasteiger partial charge in [0.25, 0.3) is 5.91 Å². The third-order valence-electron chi connectivity index (χ3n) is 6.08. The molecule has 3 rings (SSSR count). The first-order chi connectivity index (χ1) is 13.2. The number of carbonyl (C=O) groups is 2. The molecule has 1 saturated heterocycles. The van der Waals surface area contributed by atoms with Crippen LogP contribution in [0, 0.1) is 11.8 Å². The summed E-state index contributed by atoms with van der Waals surface area (Å²) >= 11 is 0. The number of nitrogens with one attached hydrogen (secondary N) is 2. The number of aromatic nitrogens is 1. The number of hydrogen-bond donors (Lipinski definition) is 2. The van der Waals surface area contributed by atoms with Gasteiger partial charge in [0, 0.05) is 31.2 Å². The zero-order valence-electron chi connectivity index (χ0n) is 16.3. The van der Waals surface area contributed by atoms with Crippen molar-refractivity contribution in [3.8, 4) is 0 Å². The fraction of sp³-hybridized carbons (Fsp3) is 0.667. The number of likely N-dealkylation sites (tertiary alicyclic amines) is 1. The van der Waals surface area contributed by atoms with Gasteiger partial charge in [-0.2, -0.15) is 0 Å². The van der Waals surface area contributed by atoms with E-state index in [1.54, 1.807) is 18.3 Å². The number of likely N-dealkylation sites (N-methyl/N-ethyl adjacent to an activating group) is 1. The van der Waals surface area contributed by atoms with Gasteiger partial charge in [-0.25, -0.2) is 0 Å². The summed E-state index contributed by atoms with van der Waals surface area (Å²) in [5, 5.41) is 6.17. The molecular weight excluding hydrogens is 340 g/mol. The van der Waals surface area contributed by atoms with Crippen molar-refractivity contribution in [3.05, 3.63) is 30.1 Å². The molecule has 0 bridgehead atoms. The molecule has 1 aromatic rings. The van der Waals surface area contributed by atoms with Crippen molar-refractivity contribution >= 4 is 11.8 Å². The van der Waals surface area contributed by atoms with Crippen molar-refractivity contribution in [1.29, 1.82) is 0 Å². The normalized spacial score (nSPS) is 25.9. The maximum absolute atomic E-state index is 12.5. The molecule has 1 aromatic heterocycles. The standard InChI is InChI=1S/C21H32N4O2/c1-2-25-13-5-6-18(25)15-24-20(26)17-10-8-16(9-11-17)14-23-21(27)19-7-3-4-12-22-19/h3-4,7,12,16-18H,2,5-6,8-11,13-15H2,1H3,(H,23,27)(H,24,26). The molecule has 2 amide bonds. The first-order valence-electron chi connectivity index (χ1n) is 10.4. The Balaban J connectivity index is 1.34. The van der Waals surface area contributed by atoms with E-state index in [1.807, 2.05) is 6.07 Å². The highest BCUT2D eigenvalue weighted by atomic mass is 16.2. The zero-order valence-corrected chi connectivity index (χ0v) is 16.3. The highest BCUT2D eigenvalue weighted by Gasteiger charge is 2.28. The summed E-state index contributed by atoms with van der Waals surface area (Å²) < 4.78 is 0. The molecule has 148 valence electrons. The number of hydrogen-bond acceptors (Lipinski definition) is 4. The first-order valence-corrected chi connectivity index (χ1v) is 10.4. The van der Waals surface area contributed by atoms with Crippen molar-refractivity contribution in [3.63, 3.8) is 0 Å². The van der Waals surface area contributed by atoms with Gasteiger partial charge in [0.2, 0.25) is 5.91 Å². The van der Waals surface area contributed by atoms with E-state index in [1.165, 1.54) is 12.8 Å². The molecule has 2 aliphatic rings. The van der Waals surface area contributed by atoms with E-state index in [4.69, 9.17) is 0 Å². The maximum Gasteiger partial charge on any atom is 0.269 e. The average Bonchev–Trinajstić information content (AvgIpc) is 3.19. The SMILES string of the molecule is CCN1CCCC1CNC(=O)C1CCC(CNC(=O)c2ccccn2)CC1. The van der Waals surface area contributed by atoms with Gasteiger partial charge in [-0.3, -0.25) is 19.5 Å². The average molecular weight is 373 g/mol. The Morgan fingerprint density at radius 1 is 1.11 bits per heavy atom. The largest absolute Gasteiger partial charge is 0.354 e. The van der Waals surface area contributed by atoms with E-state index in [-0.39, 0.29) is 17.7 Å². The molecule has 6 heteroatoms. The lowest BCUT2D eigenvalue weighted by molar-refractivity contribution is -0.126. The van der Waals surface area contributed by atoms with E-state index < -0.39 is 0 Å². The van der Waals surface area contributed by atoms with E-state index in [0.29, 0.717) is 24.2 Å². The monoisotopic (exact) mass is 372 g/mol. The Hall–Kier alpha value is -1.95. The molecular formula is C21H32N4O2. The van der Waals surface area contributed by atoms with Crippen molar-refractivity contribution in [2.24, 2.45) is 11.8 Å². The van der Waals surface area contributed by atoms with Gasteiger partial charge in [-0.15, -0.1) is 0 Å². The van der Waals surface area contributed by atoms with Crippen molar-refractivity contribution in [2.45, 2.75) is 51.5 Å². The van der Waals surface area contributed by atoms with Crippen molar-refractivity contribution in [1.82, 2.24) is 20.5 Å². The highest BCUT2D eigenvalue weighted by molar-refractivity contribution is 5.92. The lowest BCUT2D eigenvalue weighted by Crippen LogP contribution is -2.43. The second-order valence-electron chi connectivity index (χ2n) is 7.81. The van der Waals surface area contributed by atoms with Gasteiger partial charge >= 0.3 is 0 Å². The number of rotatable bonds is 7. The summed E-state index contributed by atoms with van der Waals surface area (Å²) in [6.45, 7) is 5.86. The number of nitrogens with zero attached hydrogens (tertiary/aromatic N) is 2. The van der Waals surface area contributed by atoms with Crippen molar-refractivity contribution in [2.75, 3.05) is 26.2 Å². The summed E-state index contributed by atoms with van der Waals surface area (Å²) in [5.74, 6) is 0.679. The number of amides is 2. The van der Waals surface area contributed by atoms with Crippen LogP contribution in [0.4, 0.5) is 0 Å². The lowest BCUT2D eigenvalue weighted by Gasteiger charge is -2.29. The second-order valence-corrected chi connectivity index (χ2v) is 7.81. The molecule has 6 nitrogen and oxygen atoms in total. The molecule has 1 aliphatic heterocycles. The third-order valence-corrected chi connectivity index (χ3v) is 6.08. The van der Waals surface area contributed by atoms with Crippen LogP contribution in [0.2, 0.25) is 0 Å². The van der Waals surface area contributed by atoms with Crippen LogP contribution in [0.25, 0.3) is 0 Å². The molecule has 2 N–H and O–H groups in total. The summed E-state index contributed by atoms with van der Waals surface area (Å²) in [6, 6.07) is 5.85. The smallest absolute Gasteiger partial charge is 0.269 e. The Morgan fingerprint density at radius 2 is 1.93 bits per heavy atom. The number of pyridine rings is 1. The van der Waals surface area contributed by atoms with E-state index in [9.17, 15) is 9.59 Å². The van der Waals surface area contributed by atoms with Crippen LogP contribution >= 0.6 is 0 Å². The molecule has 0 spiro atoms. The topological polar surface area (TPSA) is 74.3 Å². The van der Waals surface area contributed by atoms with E-state index >= 15 is 0 Å². The summed E-state index contributed by atoms with van der Waals surface area (Å²) in [4.78, 5) is 31.1. The summed E-state index contributed by atoms with van der Waals surface area (Å²) in [5.41, 5.74) is 0.457. The third kappa shape index (κ3) is 5.51. The molecule has 27 heavy (non-hydrogen) atoms. The van der Waals surface area contributed by atoms with Gasteiger partial charge in [0.1, 0.15) is 5.69 Å². The Bertz CT molecular complexity index is 614. The van der Waals surface area contributed by atoms with Crippen LogP contribution in [-0.2, 0) is 4.79 Å². The van der Waals surface area contributed by atoms with Gasteiger partial charge in [0.15, 0.2) is 0 Å². The van der Waals surface area contributed by atoms with Crippen LogP contribution in [0.1, 0.15) is 55.9 Å². The molecule has 0 radical (unpaired) electrons.